The Balaban J connectivity index is 2.16. The maximum atomic E-state index is 13.5. The van der Waals surface area contributed by atoms with Crippen LogP contribution in [0.1, 0.15) is 17.9 Å². The monoisotopic (exact) mass is 195 g/mol. The molecule has 2 nitrogen and oxygen atoms in total. The first-order valence-corrected chi connectivity index (χ1v) is 4.91. The molecular weight excluding hydrogens is 181 g/mol. The molecule has 0 saturated carbocycles. The zero-order valence-corrected chi connectivity index (χ0v) is 7.91. The first-order valence-electron chi connectivity index (χ1n) is 4.91. The van der Waals surface area contributed by atoms with Gasteiger partial charge in [0.2, 0.25) is 0 Å². The summed E-state index contributed by atoms with van der Waals surface area (Å²) in [5.74, 6) is 0.218. The molecule has 14 heavy (non-hydrogen) atoms. The minimum atomic E-state index is -0.812. The maximum absolute atomic E-state index is 13.5. The average Bonchev–Trinajstić information content (AvgIpc) is 2.20. The molecule has 0 spiro atoms. The van der Waals surface area contributed by atoms with E-state index in [-0.39, 0.29) is 11.7 Å². The lowest BCUT2D eigenvalue weighted by Gasteiger charge is -2.26. The molecule has 1 aliphatic heterocycles. The normalized spacial score (nSPS) is 27.5. The molecule has 1 aliphatic rings. The van der Waals surface area contributed by atoms with Crippen molar-refractivity contribution >= 4 is 0 Å². The second-order valence-corrected chi connectivity index (χ2v) is 3.71. The second-order valence-electron chi connectivity index (χ2n) is 3.71. The molecule has 1 fully saturated rings. The fourth-order valence-electron chi connectivity index (χ4n) is 1.92. The molecule has 0 aromatic heterocycles. The molecule has 2 rings (SSSR count). The molecule has 1 heterocycles. The van der Waals surface area contributed by atoms with Crippen molar-refractivity contribution in [1.29, 1.82) is 0 Å². The van der Waals surface area contributed by atoms with Crippen LogP contribution in [0.25, 0.3) is 0 Å². The van der Waals surface area contributed by atoms with E-state index >= 15 is 0 Å². The van der Waals surface area contributed by atoms with Crippen LogP contribution >= 0.6 is 0 Å². The number of phenols is 1. The smallest absolute Gasteiger partial charge is 0.119 e. The predicted molar refractivity (Wildman–Crippen MR) is 53.2 cm³/mol. The first-order chi connectivity index (χ1) is 6.77. The van der Waals surface area contributed by atoms with Gasteiger partial charge in [-0.25, -0.2) is 4.39 Å². The van der Waals surface area contributed by atoms with Gasteiger partial charge < -0.3 is 10.4 Å². The van der Waals surface area contributed by atoms with Crippen molar-refractivity contribution < 1.29 is 9.50 Å². The Morgan fingerprint density at radius 1 is 1.29 bits per heavy atom. The van der Waals surface area contributed by atoms with Crippen LogP contribution in [-0.4, -0.2) is 24.4 Å². The number of piperidine rings is 1. The van der Waals surface area contributed by atoms with Crippen LogP contribution in [0.5, 0.6) is 5.75 Å². The van der Waals surface area contributed by atoms with E-state index in [2.05, 4.69) is 5.32 Å². The quantitative estimate of drug-likeness (QED) is 0.716. The number of halogens is 1. The first kappa shape index (κ1) is 9.46. The van der Waals surface area contributed by atoms with E-state index in [0.29, 0.717) is 6.54 Å². The number of aromatic hydroxyl groups is 1. The molecule has 3 heteroatoms. The summed E-state index contributed by atoms with van der Waals surface area (Å²) >= 11 is 0. The molecule has 1 aromatic carbocycles. The molecule has 1 saturated heterocycles. The molecule has 0 radical (unpaired) electrons. The largest absolute Gasteiger partial charge is 0.508 e. The number of nitrogens with one attached hydrogen (secondary N) is 1. The van der Waals surface area contributed by atoms with Crippen molar-refractivity contribution in [3.63, 3.8) is 0 Å². The van der Waals surface area contributed by atoms with Crippen LogP contribution < -0.4 is 5.32 Å². The van der Waals surface area contributed by atoms with Crippen molar-refractivity contribution in [3.05, 3.63) is 29.8 Å². The number of hydrogen-bond acceptors (Lipinski definition) is 2. The minimum Gasteiger partial charge on any atom is -0.508 e. The summed E-state index contributed by atoms with van der Waals surface area (Å²) in [5.41, 5.74) is 0.983. The van der Waals surface area contributed by atoms with Gasteiger partial charge in [-0.1, -0.05) is 12.1 Å². The summed E-state index contributed by atoms with van der Waals surface area (Å²) in [7, 11) is 0. The van der Waals surface area contributed by atoms with Gasteiger partial charge in [-0.2, -0.15) is 0 Å². The van der Waals surface area contributed by atoms with Gasteiger partial charge in [-0.3, -0.25) is 0 Å². The minimum absolute atomic E-state index is 0.0168. The summed E-state index contributed by atoms with van der Waals surface area (Å²) in [6, 6.07) is 6.84. The third-order valence-corrected chi connectivity index (χ3v) is 2.73. The van der Waals surface area contributed by atoms with Crippen LogP contribution in [0.4, 0.5) is 4.39 Å². The third-order valence-electron chi connectivity index (χ3n) is 2.73. The Morgan fingerprint density at radius 2 is 2.00 bits per heavy atom. The predicted octanol–water partition coefficient (Wildman–Crippen LogP) is 1.81. The van der Waals surface area contributed by atoms with E-state index in [1.54, 1.807) is 24.3 Å². The molecule has 76 valence electrons. The van der Waals surface area contributed by atoms with Crippen molar-refractivity contribution in [3.8, 4) is 5.75 Å². The van der Waals surface area contributed by atoms with Gasteiger partial charge in [0.25, 0.3) is 0 Å². The lowest BCUT2D eigenvalue weighted by atomic mass is 9.89. The SMILES string of the molecule is Oc1ccc([C@@H]2CCNC[C@@H]2F)cc1. The Kier molecular flexibility index (Phi) is 2.68. The topological polar surface area (TPSA) is 32.3 Å². The summed E-state index contributed by atoms with van der Waals surface area (Å²) in [5, 5.41) is 12.1. The molecule has 0 bridgehead atoms. The molecule has 2 N–H and O–H groups in total. The Hall–Kier alpha value is -1.09. The van der Waals surface area contributed by atoms with Crippen LogP contribution in [-0.2, 0) is 0 Å². The van der Waals surface area contributed by atoms with Crippen molar-refractivity contribution in [2.75, 3.05) is 13.1 Å². The van der Waals surface area contributed by atoms with E-state index in [0.717, 1.165) is 18.5 Å². The van der Waals surface area contributed by atoms with E-state index in [9.17, 15) is 4.39 Å². The van der Waals surface area contributed by atoms with Crippen LogP contribution in [0.2, 0.25) is 0 Å². The van der Waals surface area contributed by atoms with E-state index in [4.69, 9.17) is 5.11 Å². The summed E-state index contributed by atoms with van der Waals surface area (Å²) in [6.07, 6.45) is 0.0136. The summed E-state index contributed by atoms with van der Waals surface area (Å²) in [6.45, 7) is 1.30. The van der Waals surface area contributed by atoms with Crippen molar-refractivity contribution in [2.45, 2.75) is 18.5 Å². The molecular formula is C11H14FNO. The summed E-state index contributed by atoms with van der Waals surface area (Å²) < 4.78 is 13.5. The molecule has 0 aliphatic carbocycles. The van der Waals surface area contributed by atoms with Gasteiger partial charge in [-0.15, -0.1) is 0 Å². The fourth-order valence-corrected chi connectivity index (χ4v) is 1.92. The van der Waals surface area contributed by atoms with Crippen LogP contribution in [0.15, 0.2) is 24.3 Å². The number of phenolic OH excluding ortho intramolecular Hbond substituents is 1. The second kappa shape index (κ2) is 3.96. The van der Waals surface area contributed by atoms with E-state index in [1.165, 1.54) is 0 Å². The molecule has 2 atom stereocenters. The zero-order chi connectivity index (χ0) is 9.97. The Bertz CT molecular complexity index is 299. The highest BCUT2D eigenvalue weighted by Gasteiger charge is 2.25. The van der Waals surface area contributed by atoms with Gasteiger partial charge in [-0.05, 0) is 30.7 Å². The number of hydrogen-bond donors (Lipinski definition) is 2. The van der Waals surface area contributed by atoms with Crippen molar-refractivity contribution in [2.24, 2.45) is 0 Å². The van der Waals surface area contributed by atoms with Crippen molar-refractivity contribution in [1.82, 2.24) is 5.32 Å². The van der Waals surface area contributed by atoms with E-state index in [1.807, 2.05) is 0 Å². The lowest BCUT2D eigenvalue weighted by Crippen LogP contribution is -2.36. The summed E-state index contributed by atoms with van der Waals surface area (Å²) in [4.78, 5) is 0. The fraction of sp³-hybridized carbons (Fsp3) is 0.455. The van der Waals surface area contributed by atoms with E-state index < -0.39 is 6.17 Å². The number of benzene rings is 1. The average molecular weight is 195 g/mol. The lowest BCUT2D eigenvalue weighted by molar-refractivity contribution is 0.231. The number of rotatable bonds is 1. The van der Waals surface area contributed by atoms with Crippen LogP contribution in [0, 0.1) is 0 Å². The van der Waals surface area contributed by atoms with Crippen LogP contribution in [0.3, 0.4) is 0 Å². The zero-order valence-electron chi connectivity index (χ0n) is 7.91. The van der Waals surface area contributed by atoms with Gasteiger partial charge in [0.15, 0.2) is 0 Å². The maximum Gasteiger partial charge on any atom is 0.119 e. The van der Waals surface area contributed by atoms with Gasteiger partial charge in [0.05, 0.1) is 0 Å². The molecule has 1 aromatic rings. The van der Waals surface area contributed by atoms with Gasteiger partial charge in [0, 0.05) is 12.5 Å². The molecule has 0 unspecified atom stereocenters. The highest BCUT2D eigenvalue weighted by atomic mass is 19.1. The standard InChI is InChI=1S/C11H14FNO/c12-11-7-13-6-5-10(11)8-1-3-9(14)4-2-8/h1-4,10-11,13-14H,5-7H2/t10-,11-/m0/s1. The van der Waals surface area contributed by atoms with Gasteiger partial charge in [0.1, 0.15) is 11.9 Å². The van der Waals surface area contributed by atoms with Gasteiger partial charge >= 0.3 is 0 Å². The number of alkyl halides is 1. The molecule has 0 amide bonds. The Morgan fingerprint density at radius 3 is 2.64 bits per heavy atom. The highest BCUT2D eigenvalue weighted by Crippen LogP contribution is 2.28. The third kappa shape index (κ3) is 1.87. The Labute approximate surface area is 82.8 Å². The highest BCUT2D eigenvalue weighted by molar-refractivity contribution is 5.29.